The van der Waals surface area contributed by atoms with Gasteiger partial charge in [0.2, 0.25) is 0 Å². The molecule has 0 aromatic heterocycles. The van der Waals surface area contributed by atoms with Gasteiger partial charge in [-0.3, -0.25) is 4.58 Å². The molecule has 1 aromatic carbocycles. The number of phenolic OH excluding ortho intramolecular Hbond substituents is 1. The molecule has 2 aliphatic rings. The predicted octanol–water partition coefficient (Wildman–Crippen LogP) is 2.39. The normalized spacial score (nSPS) is 21.4. The standard InChI is InChI=1S/C15H17N3OS/c16-14-13(10-11-6-2-3-7-12(11)19)20-15(17-14)18-8-4-1-5-9-18/h2-3,6-7,10H,1,4-5,8-9H2,(H2,16,19)/p+1. The fraction of sp³-hybridized carbons (Fsp3) is 0.333. The summed E-state index contributed by atoms with van der Waals surface area (Å²) < 4.78 is 2.30. The van der Waals surface area contributed by atoms with Crippen LogP contribution in [0.4, 0.5) is 0 Å². The van der Waals surface area contributed by atoms with Crippen molar-refractivity contribution in [3.8, 4) is 5.75 Å². The van der Waals surface area contributed by atoms with Gasteiger partial charge in [0, 0.05) is 17.3 Å². The van der Waals surface area contributed by atoms with E-state index in [1.54, 1.807) is 17.8 Å². The first-order chi connectivity index (χ1) is 9.74. The van der Waals surface area contributed by atoms with E-state index in [1.165, 1.54) is 19.3 Å². The Kier molecular flexibility index (Phi) is 3.78. The molecule has 1 fully saturated rings. The van der Waals surface area contributed by atoms with Crippen LogP contribution in [-0.2, 0) is 0 Å². The Morgan fingerprint density at radius 2 is 1.95 bits per heavy atom. The molecule has 0 atom stereocenters. The van der Waals surface area contributed by atoms with Crippen LogP contribution in [0.15, 0.2) is 34.2 Å². The maximum absolute atomic E-state index is 9.82. The summed E-state index contributed by atoms with van der Waals surface area (Å²) in [6.45, 7) is 2.12. The third-order valence-corrected chi connectivity index (χ3v) is 4.60. The Labute approximate surface area is 122 Å². The zero-order chi connectivity index (χ0) is 13.9. The van der Waals surface area contributed by atoms with Crippen LogP contribution in [0.5, 0.6) is 5.75 Å². The number of hydrogen-bond donors (Lipinski definition) is 2. The topological polar surface area (TPSA) is 61.6 Å². The summed E-state index contributed by atoms with van der Waals surface area (Å²) in [4.78, 5) is 5.38. The number of aliphatic imine (C=N–C) groups is 1. The summed E-state index contributed by atoms with van der Waals surface area (Å²) >= 11 is 1.59. The number of thioether (sulfide) groups is 1. The monoisotopic (exact) mass is 288 g/mol. The van der Waals surface area contributed by atoms with Crippen molar-refractivity contribution in [3.63, 3.8) is 0 Å². The van der Waals surface area contributed by atoms with Crippen molar-refractivity contribution in [2.24, 2.45) is 10.7 Å². The number of piperidine rings is 1. The maximum Gasteiger partial charge on any atom is 0.362 e. The zero-order valence-electron chi connectivity index (χ0n) is 11.2. The Balaban J connectivity index is 1.87. The molecule has 1 aromatic rings. The number of rotatable bonds is 1. The molecule has 2 heterocycles. The fourth-order valence-electron chi connectivity index (χ4n) is 2.41. The van der Waals surface area contributed by atoms with Gasteiger partial charge < -0.3 is 10.8 Å². The van der Waals surface area contributed by atoms with E-state index >= 15 is 0 Å². The van der Waals surface area contributed by atoms with Crippen molar-refractivity contribution < 1.29 is 9.68 Å². The largest absolute Gasteiger partial charge is 0.507 e. The molecule has 1 saturated heterocycles. The van der Waals surface area contributed by atoms with Crippen LogP contribution in [0.25, 0.3) is 6.08 Å². The van der Waals surface area contributed by atoms with Crippen molar-refractivity contribution in [3.05, 3.63) is 34.7 Å². The lowest BCUT2D eigenvalue weighted by Crippen LogP contribution is -2.24. The van der Waals surface area contributed by atoms with Gasteiger partial charge in [-0.15, -0.1) is 0 Å². The van der Waals surface area contributed by atoms with Gasteiger partial charge in [-0.2, -0.15) is 0 Å². The molecule has 0 amide bonds. The molecule has 104 valence electrons. The number of hydrogen-bond acceptors (Lipinski definition) is 3. The van der Waals surface area contributed by atoms with Gasteiger partial charge in [0.25, 0.3) is 5.84 Å². The Morgan fingerprint density at radius 3 is 2.70 bits per heavy atom. The van der Waals surface area contributed by atoms with Crippen molar-refractivity contribution in [1.82, 2.24) is 0 Å². The molecule has 0 bridgehead atoms. The minimum Gasteiger partial charge on any atom is -0.507 e. The molecule has 0 unspecified atom stereocenters. The average Bonchev–Trinajstić information content (AvgIpc) is 2.84. The maximum atomic E-state index is 9.82. The van der Waals surface area contributed by atoms with Gasteiger partial charge in [0.1, 0.15) is 5.75 Å². The molecule has 0 spiro atoms. The van der Waals surface area contributed by atoms with E-state index in [1.807, 2.05) is 24.3 Å². The summed E-state index contributed by atoms with van der Waals surface area (Å²) in [5.74, 6) is 0.804. The number of nitrogens with two attached hydrogens (primary N) is 1. The van der Waals surface area contributed by atoms with E-state index in [2.05, 4.69) is 9.57 Å². The molecular weight excluding hydrogens is 270 g/mol. The van der Waals surface area contributed by atoms with Crippen molar-refractivity contribution >= 4 is 28.8 Å². The van der Waals surface area contributed by atoms with Crippen LogP contribution in [0.2, 0.25) is 0 Å². The molecule has 2 aliphatic heterocycles. The summed E-state index contributed by atoms with van der Waals surface area (Å²) in [6, 6.07) is 7.25. The van der Waals surface area contributed by atoms with Gasteiger partial charge in [-0.25, -0.2) is 0 Å². The van der Waals surface area contributed by atoms with Crippen LogP contribution in [0, 0.1) is 0 Å². The molecular formula is C15H18N3OS+. The fourth-order valence-corrected chi connectivity index (χ4v) is 3.39. The SMILES string of the molecule is NC1=NC(=[N+]2CCCCC2)SC1=Cc1ccccc1O. The second-order valence-electron chi connectivity index (χ2n) is 5.00. The Morgan fingerprint density at radius 1 is 1.20 bits per heavy atom. The summed E-state index contributed by atoms with van der Waals surface area (Å²) in [5.41, 5.74) is 6.78. The summed E-state index contributed by atoms with van der Waals surface area (Å²) in [6.07, 6.45) is 5.64. The Hall–Kier alpha value is -1.75. The third-order valence-electron chi connectivity index (χ3n) is 3.52. The smallest absolute Gasteiger partial charge is 0.362 e. The number of phenols is 1. The number of benzene rings is 1. The van der Waals surface area contributed by atoms with Gasteiger partial charge in [-0.05, 0) is 36.4 Å². The highest BCUT2D eigenvalue weighted by Crippen LogP contribution is 2.30. The first-order valence-corrected chi connectivity index (χ1v) is 7.70. The van der Waals surface area contributed by atoms with E-state index < -0.39 is 0 Å². The molecule has 3 N–H and O–H groups in total. The van der Waals surface area contributed by atoms with Crippen LogP contribution in [0.3, 0.4) is 0 Å². The molecule has 0 saturated carbocycles. The van der Waals surface area contributed by atoms with E-state index in [-0.39, 0.29) is 5.75 Å². The lowest BCUT2D eigenvalue weighted by atomic mass is 10.2. The van der Waals surface area contributed by atoms with Gasteiger partial charge in [-0.1, -0.05) is 18.2 Å². The highest BCUT2D eigenvalue weighted by molar-refractivity contribution is 8.18. The van der Waals surface area contributed by atoms with Gasteiger partial charge >= 0.3 is 5.17 Å². The molecule has 3 rings (SSSR count). The number of nitrogens with zero attached hydrogens (tertiary/aromatic N) is 2. The van der Waals surface area contributed by atoms with Crippen LogP contribution < -0.4 is 5.73 Å². The number of aromatic hydroxyl groups is 1. The van der Waals surface area contributed by atoms with Crippen LogP contribution >= 0.6 is 11.8 Å². The highest BCUT2D eigenvalue weighted by Gasteiger charge is 2.29. The molecule has 20 heavy (non-hydrogen) atoms. The van der Waals surface area contributed by atoms with Crippen LogP contribution in [0.1, 0.15) is 24.8 Å². The minimum atomic E-state index is 0.264. The highest BCUT2D eigenvalue weighted by atomic mass is 32.2. The van der Waals surface area contributed by atoms with Crippen LogP contribution in [-0.4, -0.2) is 33.8 Å². The number of amidine groups is 2. The van der Waals surface area contributed by atoms with Crippen molar-refractivity contribution in [2.45, 2.75) is 19.3 Å². The van der Waals surface area contributed by atoms with Crippen molar-refractivity contribution in [1.29, 1.82) is 0 Å². The molecule has 5 heteroatoms. The Bertz CT molecular complexity index is 611. The zero-order valence-corrected chi connectivity index (χ0v) is 12.1. The molecule has 0 aliphatic carbocycles. The van der Waals surface area contributed by atoms with E-state index in [9.17, 15) is 5.11 Å². The first kappa shape index (κ1) is 13.2. The summed E-state index contributed by atoms with van der Waals surface area (Å²) in [7, 11) is 0. The molecule has 0 radical (unpaired) electrons. The second-order valence-corrected chi connectivity index (χ2v) is 6.01. The first-order valence-electron chi connectivity index (χ1n) is 6.88. The average molecular weight is 288 g/mol. The lowest BCUT2D eigenvalue weighted by Gasteiger charge is -2.12. The van der Waals surface area contributed by atoms with E-state index in [0.717, 1.165) is 28.7 Å². The predicted molar refractivity (Wildman–Crippen MR) is 84.1 cm³/mol. The van der Waals surface area contributed by atoms with Crippen molar-refractivity contribution in [2.75, 3.05) is 13.1 Å². The minimum absolute atomic E-state index is 0.264. The van der Waals surface area contributed by atoms with Gasteiger partial charge in [0.05, 0.1) is 18.0 Å². The summed E-state index contributed by atoms with van der Waals surface area (Å²) in [5, 5.41) is 10.8. The van der Waals surface area contributed by atoms with E-state index in [0.29, 0.717) is 5.84 Å². The van der Waals surface area contributed by atoms with Gasteiger partial charge in [0.15, 0.2) is 0 Å². The van der Waals surface area contributed by atoms with E-state index in [4.69, 9.17) is 5.73 Å². The second kappa shape index (κ2) is 5.71. The lowest BCUT2D eigenvalue weighted by molar-refractivity contribution is -0.535. The number of para-hydroxylation sites is 1. The third kappa shape index (κ3) is 2.72. The molecule has 4 nitrogen and oxygen atoms in total. The quantitative estimate of drug-likeness (QED) is 0.780.